The summed E-state index contributed by atoms with van der Waals surface area (Å²) in [5.74, 6) is 0.794. The van der Waals surface area contributed by atoms with Crippen molar-refractivity contribution in [1.29, 1.82) is 0 Å². The second kappa shape index (κ2) is 5.54. The fourth-order valence-electron chi connectivity index (χ4n) is 2.62. The second-order valence-corrected chi connectivity index (χ2v) is 5.04. The molecule has 3 nitrogen and oxygen atoms in total. The van der Waals surface area contributed by atoms with Crippen LogP contribution in [0.1, 0.15) is 22.8 Å². The van der Waals surface area contributed by atoms with Gasteiger partial charge in [-0.15, -0.1) is 0 Å². The van der Waals surface area contributed by atoms with E-state index in [-0.39, 0.29) is 0 Å². The number of pyridine rings is 1. The van der Waals surface area contributed by atoms with E-state index >= 15 is 0 Å². The van der Waals surface area contributed by atoms with Gasteiger partial charge in [0.1, 0.15) is 11.9 Å². The van der Waals surface area contributed by atoms with Gasteiger partial charge >= 0.3 is 0 Å². The van der Waals surface area contributed by atoms with Crippen LogP contribution in [0.2, 0.25) is 0 Å². The summed E-state index contributed by atoms with van der Waals surface area (Å²) in [6, 6.07) is 15.4. The Labute approximate surface area is 123 Å². The van der Waals surface area contributed by atoms with Crippen molar-refractivity contribution < 1.29 is 9.84 Å². The third-order valence-electron chi connectivity index (χ3n) is 3.75. The Morgan fingerprint density at radius 2 is 1.90 bits per heavy atom. The van der Waals surface area contributed by atoms with Gasteiger partial charge in [0.05, 0.1) is 12.6 Å². The lowest BCUT2D eigenvalue weighted by atomic mass is 9.94. The van der Waals surface area contributed by atoms with Crippen molar-refractivity contribution in [2.24, 2.45) is 0 Å². The molecule has 0 saturated carbocycles. The molecule has 1 aromatic heterocycles. The van der Waals surface area contributed by atoms with Crippen molar-refractivity contribution in [1.82, 2.24) is 4.98 Å². The van der Waals surface area contributed by atoms with E-state index < -0.39 is 6.10 Å². The lowest BCUT2D eigenvalue weighted by Crippen LogP contribution is -2.03. The number of hydrogen-bond acceptors (Lipinski definition) is 3. The van der Waals surface area contributed by atoms with Crippen LogP contribution in [0.15, 0.2) is 54.7 Å². The molecule has 0 bridgehead atoms. The van der Waals surface area contributed by atoms with Crippen molar-refractivity contribution in [3.8, 4) is 5.75 Å². The van der Waals surface area contributed by atoms with E-state index in [0.29, 0.717) is 0 Å². The molecule has 0 fully saturated rings. The molecule has 3 rings (SSSR count). The molecule has 3 aromatic rings. The van der Waals surface area contributed by atoms with Gasteiger partial charge in [0.2, 0.25) is 0 Å². The number of aliphatic hydroxyl groups excluding tert-OH is 1. The molecule has 1 heterocycles. The first-order valence-corrected chi connectivity index (χ1v) is 6.87. The number of aliphatic hydroxyl groups is 1. The van der Waals surface area contributed by atoms with Gasteiger partial charge in [0, 0.05) is 11.6 Å². The molecule has 106 valence electrons. The maximum Gasteiger partial charge on any atom is 0.119 e. The summed E-state index contributed by atoms with van der Waals surface area (Å²) in [5.41, 5.74) is 3.64. The van der Waals surface area contributed by atoms with E-state index in [1.807, 2.05) is 55.5 Å². The Bertz CT molecular complexity index is 778. The van der Waals surface area contributed by atoms with E-state index in [1.54, 1.807) is 13.3 Å². The number of ether oxygens (including phenoxy) is 1. The number of rotatable bonds is 3. The molecule has 1 atom stereocenters. The van der Waals surface area contributed by atoms with Gasteiger partial charge in [-0.2, -0.15) is 0 Å². The molecule has 1 unspecified atom stereocenters. The molecule has 0 amide bonds. The van der Waals surface area contributed by atoms with Gasteiger partial charge in [-0.3, -0.25) is 4.98 Å². The molecule has 1 N–H and O–H groups in total. The first-order chi connectivity index (χ1) is 10.2. The van der Waals surface area contributed by atoms with Gasteiger partial charge < -0.3 is 9.84 Å². The SMILES string of the molecule is COc1ccc(C(O)c2cccc3ncccc23)c(C)c1. The molecule has 0 aliphatic carbocycles. The van der Waals surface area contributed by atoms with Crippen molar-refractivity contribution in [2.75, 3.05) is 7.11 Å². The second-order valence-electron chi connectivity index (χ2n) is 5.04. The minimum Gasteiger partial charge on any atom is -0.497 e. The predicted octanol–water partition coefficient (Wildman–Crippen LogP) is 3.63. The molecule has 0 aliphatic heterocycles. The maximum atomic E-state index is 10.8. The molecular formula is C18H17NO2. The van der Waals surface area contributed by atoms with E-state index in [2.05, 4.69) is 4.98 Å². The van der Waals surface area contributed by atoms with E-state index in [9.17, 15) is 5.11 Å². The van der Waals surface area contributed by atoms with Crippen molar-refractivity contribution in [3.63, 3.8) is 0 Å². The quantitative estimate of drug-likeness (QED) is 0.796. The Kier molecular flexibility index (Phi) is 3.59. The zero-order chi connectivity index (χ0) is 14.8. The van der Waals surface area contributed by atoms with Gasteiger partial charge in [-0.05, 0) is 47.9 Å². The average Bonchev–Trinajstić information content (AvgIpc) is 2.53. The van der Waals surface area contributed by atoms with Crippen LogP contribution in [-0.4, -0.2) is 17.2 Å². The van der Waals surface area contributed by atoms with Gasteiger partial charge in [0.25, 0.3) is 0 Å². The Morgan fingerprint density at radius 1 is 1.05 bits per heavy atom. The van der Waals surface area contributed by atoms with Crippen LogP contribution in [0.25, 0.3) is 10.9 Å². The number of benzene rings is 2. The zero-order valence-corrected chi connectivity index (χ0v) is 12.1. The van der Waals surface area contributed by atoms with Crippen LogP contribution in [0.3, 0.4) is 0 Å². The van der Waals surface area contributed by atoms with Crippen LogP contribution >= 0.6 is 0 Å². The Hall–Kier alpha value is -2.39. The summed E-state index contributed by atoms with van der Waals surface area (Å²) in [6.07, 6.45) is 1.08. The highest BCUT2D eigenvalue weighted by Crippen LogP contribution is 2.31. The number of aromatic nitrogens is 1. The van der Waals surface area contributed by atoms with Crippen molar-refractivity contribution in [2.45, 2.75) is 13.0 Å². The van der Waals surface area contributed by atoms with Crippen LogP contribution in [0, 0.1) is 6.92 Å². The van der Waals surface area contributed by atoms with Gasteiger partial charge in [-0.25, -0.2) is 0 Å². The molecule has 0 spiro atoms. The van der Waals surface area contributed by atoms with Crippen LogP contribution in [0.5, 0.6) is 5.75 Å². The summed E-state index contributed by atoms with van der Waals surface area (Å²) in [6.45, 7) is 1.98. The third-order valence-corrected chi connectivity index (χ3v) is 3.75. The standard InChI is InChI=1S/C18H17NO2/c1-12-11-13(21-2)8-9-14(12)18(20)16-5-3-7-17-15(16)6-4-10-19-17/h3-11,18,20H,1-2H3. The number of nitrogens with zero attached hydrogens (tertiary/aromatic N) is 1. The average molecular weight is 279 g/mol. The number of hydrogen-bond donors (Lipinski definition) is 1. The summed E-state index contributed by atoms with van der Waals surface area (Å²) in [7, 11) is 1.64. The largest absolute Gasteiger partial charge is 0.497 e. The Balaban J connectivity index is 2.10. The highest BCUT2D eigenvalue weighted by molar-refractivity contribution is 5.82. The number of aryl methyl sites for hydroxylation is 1. The zero-order valence-electron chi connectivity index (χ0n) is 12.1. The molecule has 0 aliphatic rings. The molecule has 21 heavy (non-hydrogen) atoms. The fourth-order valence-corrected chi connectivity index (χ4v) is 2.62. The van der Waals surface area contributed by atoms with Gasteiger partial charge in [-0.1, -0.05) is 24.3 Å². The summed E-state index contributed by atoms with van der Waals surface area (Å²) >= 11 is 0. The summed E-state index contributed by atoms with van der Waals surface area (Å²) < 4.78 is 5.21. The minimum absolute atomic E-state index is 0.677. The third kappa shape index (κ3) is 2.48. The lowest BCUT2D eigenvalue weighted by molar-refractivity contribution is 0.221. The molecular weight excluding hydrogens is 262 g/mol. The van der Waals surface area contributed by atoms with Crippen molar-refractivity contribution in [3.05, 3.63) is 71.4 Å². The number of fused-ring (bicyclic) bond motifs is 1. The predicted molar refractivity (Wildman–Crippen MR) is 83.5 cm³/mol. The van der Waals surface area contributed by atoms with E-state index in [1.165, 1.54) is 0 Å². The maximum absolute atomic E-state index is 10.8. The fraction of sp³-hybridized carbons (Fsp3) is 0.167. The first kappa shape index (κ1) is 13.6. The number of methoxy groups -OCH3 is 1. The monoisotopic (exact) mass is 279 g/mol. The van der Waals surface area contributed by atoms with Gasteiger partial charge in [0.15, 0.2) is 0 Å². The van der Waals surface area contributed by atoms with E-state index in [4.69, 9.17) is 4.74 Å². The molecule has 3 heteroatoms. The topological polar surface area (TPSA) is 42.4 Å². The van der Waals surface area contributed by atoms with Crippen LogP contribution in [-0.2, 0) is 0 Å². The first-order valence-electron chi connectivity index (χ1n) is 6.87. The highest BCUT2D eigenvalue weighted by Gasteiger charge is 2.16. The lowest BCUT2D eigenvalue weighted by Gasteiger charge is -2.16. The summed E-state index contributed by atoms with van der Waals surface area (Å²) in [5, 5.41) is 11.7. The molecule has 0 radical (unpaired) electrons. The Morgan fingerprint density at radius 3 is 2.67 bits per heavy atom. The minimum atomic E-state index is -0.677. The van der Waals surface area contributed by atoms with Crippen LogP contribution < -0.4 is 4.74 Å². The molecule has 2 aromatic carbocycles. The van der Waals surface area contributed by atoms with Crippen molar-refractivity contribution >= 4 is 10.9 Å². The normalized spacial score (nSPS) is 12.3. The smallest absolute Gasteiger partial charge is 0.119 e. The summed E-state index contributed by atoms with van der Waals surface area (Å²) in [4.78, 5) is 4.34. The van der Waals surface area contributed by atoms with Crippen LogP contribution in [0.4, 0.5) is 0 Å². The van der Waals surface area contributed by atoms with E-state index in [0.717, 1.165) is 33.3 Å². The highest BCUT2D eigenvalue weighted by atomic mass is 16.5. The molecule has 0 saturated heterocycles.